The number of methoxy groups -OCH3 is 2. The van der Waals surface area contributed by atoms with Gasteiger partial charge in [-0.3, -0.25) is 9.59 Å². The average molecular weight is 477 g/mol. The lowest BCUT2D eigenvalue weighted by atomic mass is 9.57. The zero-order valence-electron chi connectivity index (χ0n) is 16.7. The van der Waals surface area contributed by atoms with Crippen molar-refractivity contribution < 1.29 is 19.1 Å². The van der Waals surface area contributed by atoms with Gasteiger partial charge in [0.05, 0.1) is 24.8 Å². The van der Waals surface area contributed by atoms with Gasteiger partial charge in [-0.05, 0) is 46.9 Å². The quantitative estimate of drug-likeness (QED) is 0.402. The zero-order valence-corrected chi connectivity index (χ0v) is 19.0. The number of nitrogens with zero attached hydrogens (tertiary/aromatic N) is 2. The van der Waals surface area contributed by atoms with Crippen LogP contribution in [0.1, 0.15) is 33.5 Å². The fourth-order valence-electron chi connectivity index (χ4n) is 4.43. The van der Waals surface area contributed by atoms with Crippen molar-refractivity contribution in [2.24, 2.45) is 5.41 Å². The zero-order chi connectivity index (χ0) is 22.2. The van der Waals surface area contributed by atoms with Crippen molar-refractivity contribution in [1.82, 2.24) is 9.59 Å². The summed E-state index contributed by atoms with van der Waals surface area (Å²) in [6.07, 6.45) is 0.321. The molecule has 1 aromatic heterocycles. The summed E-state index contributed by atoms with van der Waals surface area (Å²) in [6.45, 7) is 0. The van der Waals surface area contributed by atoms with Crippen molar-refractivity contribution in [2.45, 2.75) is 18.3 Å². The summed E-state index contributed by atoms with van der Waals surface area (Å²) in [5, 5.41) is 5.38. The highest BCUT2D eigenvalue weighted by Crippen LogP contribution is 2.57. The van der Waals surface area contributed by atoms with Gasteiger partial charge in [-0.1, -0.05) is 52.0 Å². The topological polar surface area (TPSA) is 78.4 Å². The third-order valence-corrected chi connectivity index (χ3v) is 7.11. The first-order chi connectivity index (χ1) is 14.9. The number of rotatable bonds is 4. The highest BCUT2D eigenvalue weighted by Gasteiger charge is 2.64. The van der Waals surface area contributed by atoms with E-state index in [1.54, 1.807) is 48.5 Å². The number of fused-ring (bicyclic) bond motifs is 1. The monoisotopic (exact) mass is 476 g/mol. The molecule has 0 N–H and O–H groups in total. The third-order valence-electron chi connectivity index (χ3n) is 5.77. The second-order valence-electron chi connectivity index (χ2n) is 7.23. The molecule has 0 saturated carbocycles. The van der Waals surface area contributed by atoms with E-state index in [4.69, 9.17) is 32.7 Å². The number of carbonyl (C=O) groups is 2. The summed E-state index contributed by atoms with van der Waals surface area (Å²) in [4.78, 5) is 27.7. The molecule has 0 fully saturated rings. The summed E-state index contributed by atoms with van der Waals surface area (Å²) in [6, 6.07) is 14.1. The number of hydrogen-bond donors (Lipinski definition) is 0. The average Bonchev–Trinajstić information content (AvgIpc) is 3.26. The SMILES string of the molecule is COC(=O)C1(C(=O)OC)C(c2ccc(Cl)cc2)Cc2nnsc2C1c1ccc(Cl)cc1. The third kappa shape index (κ3) is 3.50. The lowest BCUT2D eigenvalue weighted by Crippen LogP contribution is -2.53. The van der Waals surface area contributed by atoms with Crippen molar-refractivity contribution in [1.29, 1.82) is 0 Å². The van der Waals surface area contributed by atoms with Gasteiger partial charge >= 0.3 is 11.9 Å². The maximum atomic E-state index is 13.5. The van der Waals surface area contributed by atoms with Crippen molar-refractivity contribution in [2.75, 3.05) is 14.2 Å². The molecule has 0 aliphatic heterocycles. The van der Waals surface area contributed by atoms with E-state index in [1.165, 1.54) is 14.2 Å². The van der Waals surface area contributed by atoms with Crippen molar-refractivity contribution >= 4 is 46.7 Å². The van der Waals surface area contributed by atoms with Gasteiger partial charge < -0.3 is 9.47 Å². The molecule has 1 heterocycles. The van der Waals surface area contributed by atoms with Gasteiger partial charge in [0.2, 0.25) is 0 Å². The minimum Gasteiger partial charge on any atom is -0.468 e. The fraction of sp³-hybridized carbons (Fsp3) is 0.273. The maximum Gasteiger partial charge on any atom is 0.324 e. The van der Waals surface area contributed by atoms with Crippen LogP contribution in [0.15, 0.2) is 48.5 Å². The Balaban J connectivity index is 2.05. The molecular formula is C22H18Cl2N2O4S. The van der Waals surface area contributed by atoms with Crippen LogP contribution in [-0.4, -0.2) is 35.7 Å². The van der Waals surface area contributed by atoms with Gasteiger partial charge in [0.25, 0.3) is 0 Å². The molecule has 2 atom stereocenters. The van der Waals surface area contributed by atoms with Crippen LogP contribution in [0.25, 0.3) is 0 Å². The lowest BCUT2D eigenvalue weighted by Gasteiger charge is -2.44. The second-order valence-corrected chi connectivity index (χ2v) is 8.89. The van der Waals surface area contributed by atoms with Crippen LogP contribution in [0.5, 0.6) is 0 Å². The standard InChI is InChI=1S/C22H18Cl2N2O4S/c1-29-20(27)22(21(28)30-2)16(12-3-7-14(23)8-4-12)11-17-19(31-26-25-17)18(22)13-5-9-15(24)10-6-13/h3-10,16,18H,11H2,1-2H3. The Kier molecular flexibility index (Phi) is 6.01. The van der Waals surface area contributed by atoms with E-state index >= 15 is 0 Å². The molecule has 4 rings (SSSR count). The Bertz CT molecular complexity index is 1100. The van der Waals surface area contributed by atoms with Gasteiger partial charge in [-0.15, -0.1) is 5.10 Å². The molecule has 3 aromatic rings. The Morgan fingerprint density at radius 3 is 1.97 bits per heavy atom. The van der Waals surface area contributed by atoms with Crippen LogP contribution in [0.3, 0.4) is 0 Å². The first-order valence-corrected chi connectivity index (χ1v) is 10.9. The number of benzene rings is 2. The van der Waals surface area contributed by atoms with Crippen LogP contribution in [0.4, 0.5) is 0 Å². The minimum atomic E-state index is -1.69. The molecule has 0 amide bonds. The first-order valence-electron chi connectivity index (χ1n) is 9.42. The molecule has 1 aliphatic rings. The molecule has 0 bridgehead atoms. The van der Waals surface area contributed by atoms with Crippen LogP contribution in [0, 0.1) is 5.41 Å². The maximum absolute atomic E-state index is 13.5. The molecular weight excluding hydrogens is 459 g/mol. The summed E-state index contributed by atoms with van der Waals surface area (Å²) < 4.78 is 14.6. The molecule has 6 nitrogen and oxygen atoms in total. The molecule has 0 saturated heterocycles. The summed E-state index contributed by atoms with van der Waals surface area (Å²) in [5.74, 6) is -2.69. The molecule has 0 spiro atoms. The van der Waals surface area contributed by atoms with Crippen LogP contribution in [0.2, 0.25) is 10.0 Å². The number of carbonyl (C=O) groups excluding carboxylic acids is 2. The van der Waals surface area contributed by atoms with Crippen molar-refractivity contribution in [3.05, 3.63) is 80.3 Å². The first kappa shape index (κ1) is 21.7. The molecule has 160 valence electrons. The Morgan fingerprint density at radius 1 is 0.935 bits per heavy atom. The van der Waals surface area contributed by atoms with Gasteiger partial charge in [0, 0.05) is 28.3 Å². The van der Waals surface area contributed by atoms with Gasteiger partial charge in [0.15, 0.2) is 5.41 Å². The summed E-state index contributed by atoms with van der Waals surface area (Å²) in [7, 11) is 2.54. The van der Waals surface area contributed by atoms with Gasteiger partial charge in [-0.25, -0.2) is 0 Å². The van der Waals surface area contributed by atoms with E-state index in [0.29, 0.717) is 22.0 Å². The van der Waals surface area contributed by atoms with E-state index in [9.17, 15) is 9.59 Å². The van der Waals surface area contributed by atoms with E-state index in [1.807, 2.05) is 0 Å². The molecule has 1 aliphatic carbocycles. The number of halogens is 2. The molecule has 0 radical (unpaired) electrons. The Labute approximate surface area is 193 Å². The molecule has 31 heavy (non-hydrogen) atoms. The highest BCUT2D eigenvalue weighted by atomic mass is 35.5. The van der Waals surface area contributed by atoms with E-state index in [0.717, 1.165) is 27.7 Å². The second kappa shape index (κ2) is 8.57. The smallest absolute Gasteiger partial charge is 0.324 e. The normalized spacial score (nSPS) is 19.4. The largest absolute Gasteiger partial charge is 0.468 e. The van der Waals surface area contributed by atoms with E-state index in [-0.39, 0.29) is 0 Å². The molecule has 2 aromatic carbocycles. The van der Waals surface area contributed by atoms with Crippen molar-refractivity contribution in [3.63, 3.8) is 0 Å². The number of hydrogen-bond acceptors (Lipinski definition) is 7. The predicted octanol–water partition coefficient (Wildman–Crippen LogP) is 4.65. The van der Waals surface area contributed by atoms with Gasteiger partial charge in [0.1, 0.15) is 0 Å². The Morgan fingerprint density at radius 2 is 1.45 bits per heavy atom. The number of ether oxygens (including phenoxy) is 2. The van der Waals surface area contributed by atoms with Crippen LogP contribution in [-0.2, 0) is 25.5 Å². The van der Waals surface area contributed by atoms with Crippen LogP contribution >= 0.6 is 34.7 Å². The highest BCUT2D eigenvalue weighted by molar-refractivity contribution is 7.05. The summed E-state index contributed by atoms with van der Waals surface area (Å²) >= 11 is 13.3. The number of aromatic nitrogens is 2. The number of esters is 2. The lowest BCUT2D eigenvalue weighted by molar-refractivity contribution is -0.173. The van der Waals surface area contributed by atoms with Crippen LogP contribution < -0.4 is 0 Å². The molecule has 9 heteroatoms. The fourth-order valence-corrected chi connectivity index (χ4v) is 5.56. The summed E-state index contributed by atoms with van der Waals surface area (Å²) in [5.41, 5.74) is 0.504. The van der Waals surface area contributed by atoms with Crippen molar-refractivity contribution in [3.8, 4) is 0 Å². The van der Waals surface area contributed by atoms with E-state index in [2.05, 4.69) is 9.59 Å². The predicted molar refractivity (Wildman–Crippen MR) is 118 cm³/mol. The Hall–Kier alpha value is -2.48. The van der Waals surface area contributed by atoms with E-state index < -0.39 is 29.2 Å². The molecule has 2 unspecified atom stereocenters. The van der Waals surface area contributed by atoms with Gasteiger partial charge in [-0.2, -0.15) is 0 Å². The minimum absolute atomic E-state index is 0.321.